The van der Waals surface area contributed by atoms with Crippen LogP contribution in [0.5, 0.6) is 0 Å². The average molecular weight is 369 g/mol. The Labute approximate surface area is 152 Å². The SMILES string of the molecule is N#Cc1ccc(S(=O)(=O)Nc2ccccc2C(=O)NC2CCCC2)cc1. The van der Waals surface area contributed by atoms with Crippen molar-refractivity contribution in [2.24, 2.45) is 0 Å². The molecule has 6 nitrogen and oxygen atoms in total. The van der Waals surface area contributed by atoms with Crippen molar-refractivity contribution in [3.8, 4) is 6.07 Å². The highest BCUT2D eigenvalue weighted by Gasteiger charge is 2.22. The Kier molecular flexibility index (Phi) is 5.24. The number of hydrogen-bond acceptors (Lipinski definition) is 4. The molecule has 0 spiro atoms. The number of carbonyl (C=O) groups is 1. The van der Waals surface area contributed by atoms with E-state index < -0.39 is 10.0 Å². The van der Waals surface area contributed by atoms with Crippen LogP contribution in [0.1, 0.15) is 41.6 Å². The van der Waals surface area contributed by atoms with Crippen LogP contribution < -0.4 is 10.0 Å². The summed E-state index contributed by atoms with van der Waals surface area (Å²) in [5.41, 5.74) is 0.893. The molecule has 1 aliphatic carbocycles. The number of nitriles is 1. The van der Waals surface area contributed by atoms with Crippen molar-refractivity contribution in [2.75, 3.05) is 4.72 Å². The molecule has 0 unspecified atom stereocenters. The van der Waals surface area contributed by atoms with Gasteiger partial charge in [-0.1, -0.05) is 25.0 Å². The quantitative estimate of drug-likeness (QED) is 0.846. The molecule has 1 amide bonds. The Morgan fingerprint density at radius 1 is 1.04 bits per heavy atom. The summed E-state index contributed by atoms with van der Waals surface area (Å²) >= 11 is 0. The Hall–Kier alpha value is -2.85. The molecule has 26 heavy (non-hydrogen) atoms. The standard InChI is InChI=1S/C19H19N3O3S/c20-13-14-9-11-16(12-10-14)26(24,25)22-18-8-4-3-7-17(18)19(23)21-15-5-1-2-6-15/h3-4,7-12,15,22H,1-2,5-6H2,(H,21,23). The number of benzene rings is 2. The molecule has 1 saturated carbocycles. The summed E-state index contributed by atoms with van der Waals surface area (Å²) in [6.07, 6.45) is 4.09. The van der Waals surface area contributed by atoms with E-state index >= 15 is 0 Å². The zero-order valence-electron chi connectivity index (χ0n) is 14.1. The van der Waals surface area contributed by atoms with Gasteiger partial charge in [-0.15, -0.1) is 0 Å². The second-order valence-corrected chi connectivity index (χ2v) is 7.92. The summed E-state index contributed by atoms with van der Waals surface area (Å²) in [5.74, 6) is -0.282. The van der Waals surface area contributed by atoms with Crippen LogP contribution in [0.25, 0.3) is 0 Å². The Morgan fingerprint density at radius 2 is 1.69 bits per heavy atom. The first kappa shape index (κ1) is 18.0. The maximum absolute atomic E-state index is 12.6. The number of amides is 1. The first-order valence-corrected chi connectivity index (χ1v) is 9.91. The zero-order chi connectivity index (χ0) is 18.6. The fourth-order valence-electron chi connectivity index (χ4n) is 3.02. The first-order chi connectivity index (χ1) is 12.5. The van der Waals surface area contributed by atoms with Crippen molar-refractivity contribution >= 4 is 21.6 Å². The molecule has 0 aliphatic heterocycles. The molecule has 2 aromatic rings. The second-order valence-electron chi connectivity index (χ2n) is 6.24. The summed E-state index contributed by atoms with van der Waals surface area (Å²) in [4.78, 5) is 12.6. The topological polar surface area (TPSA) is 99.1 Å². The third kappa shape index (κ3) is 4.03. The third-order valence-electron chi connectivity index (χ3n) is 4.40. The van der Waals surface area contributed by atoms with Gasteiger partial charge < -0.3 is 5.32 Å². The molecule has 1 fully saturated rings. The number of carbonyl (C=O) groups excluding carboxylic acids is 1. The summed E-state index contributed by atoms with van der Waals surface area (Å²) in [6, 6.07) is 14.2. The normalized spacial score (nSPS) is 14.6. The maximum Gasteiger partial charge on any atom is 0.261 e. The molecule has 134 valence electrons. The van der Waals surface area contributed by atoms with E-state index in [2.05, 4.69) is 10.0 Å². The highest BCUT2D eigenvalue weighted by Crippen LogP contribution is 2.22. The maximum atomic E-state index is 12.6. The van der Waals surface area contributed by atoms with Crippen LogP contribution in [0, 0.1) is 11.3 Å². The number of rotatable bonds is 5. The van der Waals surface area contributed by atoms with Gasteiger partial charge in [-0.25, -0.2) is 8.42 Å². The molecule has 0 heterocycles. The Bertz CT molecular complexity index is 941. The summed E-state index contributed by atoms with van der Waals surface area (Å²) in [7, 11) is -3.86. The van der Waals surface area contributed by atoms with Crippen LogP contribution in [0.2, 0.25) is 0 Å². The summed E-state index contributed by atoms with van der Waals surface area (Å²) in [5, 5.41) is 11.8. The minimum atomic E-state index is -3.86. The molecule has 0 radical (unpaired) electrons. The van der Waals surface area contributed by atoms with Gasteiger partial charge in [0.1, 0.15) is 0 Å². The van der Waals surface area contributed by atoms with Crippen molar-refractivity contribution in [2.45, 2.75) is 36.6 Å². The largest absolute Gasteiger partial charge is 0.349 e. The molecule has 0 saturated heterocycles. The first-order valence-electron chi connectivity index (χ1n) is 8.42. The van der Waals surface area contributed by atoms with E-state index in [1.165, 1.54) is 24.3 Å². The highest BCUT2D eigenvalue weighted by molar-refractivity contribution is 7.92. The van der Waals surface area contributed by atoms with Gasteiger partial charge in [0.15, 0.2) is 0 Å². The predicted molar refractivity (Wildman–Crippen MR) is 98.1 cm³/mol. The van der Waals surface area contributed by atoms with Crippen LogP contribution in [0.3, 0.4) is 0 Å². The molecular weight excluding hydrogens is 350 g/mol. The number of para-hydroxylation sites is 1. The highest BCUT2D eigenvalue weighted by atomic mass is 32.2. The van der Waals surface area contributed by atoms with Crippen molar-refractivity contribution in [1.82, 2.24) is 5.32 Å². The van der Waals surface area contributed by atoms with Gasteiger partial charge in [0.05, 0.1) is 27.8 Å². The lowest BCUT2D eigenvalue weighted by molar-refractivity contribution is 0.0939. The van der Waals surface area contributed by atoms with Crippen LogP contribution in [-0.2, 0) is 10.0 Å². The van der Waals surface area contributed by atoms with Crippen LogP contribution in [0.4, 0.5) is 5.69 Å². The molecule has 1 aliphatic rings. The van der Waals surface area contributed by atoms with E-state index in [0.717, 1.165) is 25.7 Å². The van der Waals surface area contributed by atoms with Crippen molar-refractivity contribution in [3.63, 3.8) is 0 Å². The van der Waals surface area contributed by atoms with E-state index in [9.17, 15) is 13.2 Å². The smallest absolute Gasteiger partial charge is 0.261 e. The average Bonchev–Trinajstić information content (AvgIpc) is 3.15. The summed E-state index contributed by atoms with van der Waals surface area (Å²) in [6.45, 7) is 0. The molecule has 0 aromatic heterocycles. The number of anilines is 1. The third-order valence-corrected chi connectivity index (χ3v) is 5.78. The van der Waals surface area contributed by atoms with E-state index in [1.807, 2.05) is 6.07 Å². The lowest BCUT2D eigenvalue weighted by Gasteiger charge is -2.15. The van der Waals surface area contributed by atoms with Gasteiger partial charge in [0.25, 0.3) is 15.9 Å². The van der Waals surface area contributed by atoms with Gasteiger partial charge in [-0.2, -0.15) is 5.26 Å². The van der Waals surface area contributed by atoms with Crippen LogP contribution in [0.15, 0.2) is 53.4 Å². The lowest BCUT2D eigenvalue weighted by Crippen LogP contribution is -2.33. The fraction of sp³-hybridized carbons (Fsp3) is 0.263. The zero-order valence-corrected chi connectivity index (χ0v) is 14.9. The Morgan fingerprint density at radius 3 is 2.35 bits per heavy atom. The van der Waals surface area contributed by atoms with Gasteiger partial charge in [-0.3, -0.25) is 9.52 Å². The monoisotopic (exact) mass is 369 g/mol. The van der Waals surface area contributed by atoms with E-state index in [1.54, 1.807) is 24.3 Å². The fourth-order valence-corrected chi connectivity index (χ4v) is 4.10. The van der Waals surface area contributed by atoms with E-state index in [0.29, 0.717) is 5.56 Å². The van der Waals surface area contributed by atoms with Gasteiger partial charge >= 0.3 is 0 Å². The lowest BCUT2D eigenvalue weighted by atomic mass is 10.1. The number of nitrogens with one attached hydrogen (secondary N) is 2. The van der Waals surface area contributed by atoms with E-state index in [4.69, 9.17) is 5.26 Å². The summed E-state index contributed by atoms with van der Waals surface area (Å²) < 4.78 is 27.7. The molecule has 0 atom stereocenters. The molecule has 0 bridgehead atoms. The predicted octanol–water partition coefficient (Wildman–Crippen LogP) is 3.03. The molecule has 2 aromatic carbocycles. The molecule has 2 N–H and O–H groups in total. The Balaban J connectivity index is 1.82. The van der Waals surface area contributed by atoms with Crippen molar-refractivity contribution in [3.05, 3.63) is 59.7 Å². The number of nitrogens with zero attached hydrogens (tertiary/aromatic N) is 1. The van der Waals surface area contributed by atoms with Crippen LogP contribution >= 0.6 is 0 Å². The van der Waals surface area contributed by atoms with Crippen molar-refractivity contribution < 1.29 is 13.2 Å². The molecule has 7 heteroatoms. The number of sulfonamides is 1. The van der Waals surface area contributed by atoms with Crippen molar-refractivity contribution in [1.29, 1.82) is 5.26 Å². The second kappa shape index (κ2) is 7.58. The van der Waals surface area contributed by atoms with Gasteiger partial charge in [-0.05, 0) is 49.2 Å². The van der Waals surface area contributed by atoms with Gasteiger partial charge in [0, 0.05) is 6.04 Å². The number of hydrogen-bond donors (Lipinski definition) is 2. The van der Waals surface area contributed by atoms with Crippen LogP contribution in [-0.4, -0.2) is 20.4 Å². The molecule has 3 rings (SSSR count). The van der Waals surface area contributed by atoms with Gasteiger partial charge in [0.2, 0.25) is 0 Å². The molecular formula is C19H19N3O3S. The van der Waals surface area contributed by atoms with E-state index in [-0.39, 0.29) is 28.1 Å². The minimum absolute atomic E-state index is 0.0301. The minimum Gasteiger partial charge on any atom is -0.349 e.